The van der Waals surface area contributed by atoms with Crippen molar-refractivity contribution < 1.29 is 19.1 Å². The third-order valence-corrected chi connectivity index (χ3v) is 5.66. The molecule has 1 aliphatic heterocycles. The summed E-state index contributed by atoms with van der Waals surface area (Å²) >= 11 is 0. The molecule has 0 radical (unpaired) electrons. The van der Waals surface area contributed by atoms with E-state index in [2.05, 4.69) is 19.1 Å². The summed E-state index contributed by atoms with van der Waals surface area (Å²) in [6.45, 7) is 6.93. The number of hydrogen-bond donors (Lipinski definition) is 0. The molecule has 0 aromatic carbocycles. The molecular weight excluding hydrogens is 378 g/mol. The molecule has 1 saturated heterocycles. The van der Waals surface area contributed by atoms with Crippen LogP contribution >= 0.6 is 0 Å². The predicted molar refractivity (Wildman–Crippen MR) is 122 cm³/mol. The number of esters is 1. The van der Waals surface area contributed by atoms with Gasteiger partial charge in [-0.05, 0) is 32.1 Å². The van der Waals surface area contributed by atoms with Gasteiger partial charge in [0.25, 0.3) is 0 Å². The van der Waals surface area contributed by atoms with E-state index in [0.29, 0.717) is 26.1 Å². The van der Waals surface area contributed by atoms with Gasteiger partial charge >= 0.3 is 5.97 Å². The number of morpholine rings is 1. The van der Waals surface area contributed by atoms with Crippen LogP contribution in [0, 0.1) is 0 Å². The number of amides is 1. The molecule has 1 rings (SSSR count). The molecule has 0 N–H and O–H groups in total. The van der Waals surface area contributed by atoms with Gasteiger partial charge in [-0.15, -0.1) is 0 Å². The minimum absolute atomic E-state index is 0.0366. The standard InChI is InChI=1S/C25H45NO4/c1-3-5-6-13-16-23(30-25(28)4-2)17-14-11-9-7-8-10-12-15-18-24(27)26-19-21-29-22-20-26/h11,14,23H,3-10,12-13,15-22H2,1-2H3. The van der Waals surface area contributed by atoms with Crippen LogP contribution in [0.2, 0.25) is 0 Å². The van der Waals surface area contributed by atoms with Crippen LogP contribution < -0.4 is 0 Å². The monoisotopic (exact) mass is 423 g/mol. The number of rotatable bonds is 17. The Morgan fingerprint density at radius 1 is 0.933 bits per heavy atom. The Balaban J connectivity index is 2.04. The number of unbranched alkanes of at least 4 members (excludes halogenated alkanes) is 8. The number of hydrogen-bond acceptors (Lipinski definition) is 4. The van der Waals surface area contributed by atoms with Crippen LogP contribution in [-0.4, -0.2) is 49.2 Å². The lowest BCUT2D eigenvalue weighted by Crippen LogP contribution is -2.40. The second-order valence-electron chi connectivity index (χ2n) is 8.32. The van der Waals surface area contributed by atoms with Crippen LogP contribution in [0.4, 0.5) is 0 Å². The van der Waals surface area contributed by atoms with E-state index >= 15 is 0 Å². The van der Waals surface area contributed by atoms with E-state index in [1.54, 1.807) is 0 Å². The molecular formula is C25H45NO4. The highest BCUT2D eigenvalue weighted by atomic mass is 16.5. The Kier molecular flexibility index (Phi) is 16.4. The molecule has 0 spiro atoms. The average Bonchev–Trinajstić information content (AvgIpc) is 2.77. The lowest BCUT2D eigenvalue weighted by Gasteiger charge is -2.26. The van der Waals surface area contributed by atoms with Gasteiger partial charge in [-0.3, -0.25) is 9.59 Å². The van der Waals surface area contributed by atoms with Crippen molar-refractivity contribution in [1.29, 1.82) is 0 Å². The topological polar surface area (TPSA) is 55.8 Å². The molecule has 1 amide bonds. The lowest BCUT2D eigenvalue weighted by molar-refractivity contribution is -0.148. The van der Waals surface area contributed by atoms with Gasteiger partial charge in [0.15, 0.2) is 0 Å². The summed E-state index contributed by atoms with van der Waals surface area (Å²) in [4.78, 5) is 25.6. The molecule has 1 fully saturated rings. The SMILES string of the molecule is CCCCCCC(CC=CCCCCCCCC(=O)N1CCOCC1)OC(=O)CC. The summed E-state index contributed by atoms with van der Waals surface area (Å²) in [6, 6.07) is 0. The normalized spacial score (nSPS) is 15.5. The lowest BCUT2D eigenvalue weighted by atomic mass is 10.1. The van der Waals surface area contributed by atoms with Gasteiger partial charge in [-0.1, -0.05) is 64.5 Å². The fourth-order valence-electron chi connectivity index (χ4n) is 3.70. The summed E-state index contributed by atoms with van der Waals surface area (Å²) in [5.74, 6) is 0.199. The second kappa shape index (κ2) is 18.4. The highest BCUT2D eigenvalue weighted by molar-refractivity contribution is 5.76. The van der Waals surface area contributed by atoms with Gasteiger partial charge in [0.1, 0.15) is 6.10 Å². The fraction of sp³-hybridized carbons (Fsp3) is 0.840. The van der Waals surface area contributed by atoms with Crippen LogP contribution in [0.5, 0.6) is 0 Å². The molecule has 1 aliphatic rings. The maximum absolute atomic E-state index is 12.1. The van der Waals surface area contributed by atoms with Crippen molar-refractivity contribution in [3.63, 3.8) is 0 Å². The van der Waals surface area contributed by atoms with Crippen LogP contribution in [0.25, 0.3) is 0 Å². The summed E-state index contributed by atoms with van der Waals surface area (Å²) in [5, 5.41) is 0. The van der Waals surface area contributed by atoms with Crippen LogP contribution in [-0.2, 0) is 19.1 Å². The largest absolute Gasteiger partial charge is 0.462 e. The predicted octanol–water partition coefficient (Wildman–Crippen LogP) is 5.81. The molecule has 5 heteroatoms. The Hall–Kier alpha value is -1.36. The van der Waals surface area contributed by atoms with Crippen molar-refractivity contribution in [2.24, 2.45) is 0 Å². The number of nitrogens with zero attached hydrogens (tertiary/aromatic N) is 1. The minimum atomic E-state index is -0.0870. The molecule has 174 valence electrons. The van der Waals surface area contributed by atoms with Crippen molar-refractivity contribution in [3.05, 3.63) is 12.2 Å². The quantitative estimate of drug-likeness (QED) is 0.168. The zero-order chi connectivity index (χ0) is 21.9. The maximum Gasteiger partial charge on any atom is 0.305 e. The molecule has 30 heavy (non-hydrogen) atoms. The molecule has 0 aromatic heterocycles. The number of allylic oxidation sites excluding steroid dienone is 1. The Morgan fingerprint density at radius 2 is 1.63 bits per heavy atom. The van der Waals surface area contributed by atoms with E-state index in [9.17, 15) is 9.59 Å². The molecule has 0 aromatic rings. The van der Waals surface area contributed by atoms with Crippen LogP contribution in [0.3, 0.4) is 0 Å². The van der Waals surface area contributed by atoms with Gasteiger partial charge in [0.05, 0.1) is 13.2 Å². The number of carbonyl (C=O) groups excluding carboxylic acids is 2. The first kappa shape index (κ1) is 26.7. The van der Waals surface area contributed by atoms with Crippen molar-refractivity contribution in [2.45, 2.75) is 110 Å². The van der Waals surface area contributed by atoms with E-state index in [0.717, 1.165) is 51.6 Å². The van der Waals surface area contributed by atoms with Crippen molar-refractivity contribution >= 4 is 11.9 Å². The van der Waals surface area contributed by atoms with Gasteiger partial charge in [0, 0.05) is 32.4 Å². The van der Waals surface area contributed by atoms with E-state index in [1.807, 2.05) is 11.8 Å². The van der Waals surface area contributed by atoms with Crippen molar-refractivity contribution in [1.82, 2.24) is 4.90 Å². The molecule has 0 bridgehead atoms. The zero-order valence-corrected chi connectivity index (χ0v) is 19.5. The summed E-state index contributed by atoms with van der Waals surface area (Å²) in [6.07, 6.45) is 19.0. The Morgan fingerprint density at radius 3 is 2.37 bits per heavy atom. The average molecular weight is 424 g/mol. The third kappa shape index (κ3) is 13.8. The van der Waals surface area contributed by atoms with Crippen molar-refractivity contribution in [3.8, 4) is 0 Å². The fourth-order valence-corrected chi connectivity index (χ4v) is 3.70. The van der Waals surface area contributed by atoms with Crippen LogP contribution in [0.15, 0.2) is 12.2 Å². The molecule has 1 atom stereocenters. The summed E-state index contributed by atoms with van der Waals surface area (Å²) in [7, 11) is 0. The van der Waals surface area contributed by atoms with E-state index < -0.39 is 0 Å². The Bertz CT molecular complexity index is 472. The number of ether oxygens (including phenoxy) is 2. The summed E-state index contributed by atoms with van der Waals surface area (Å²) < 4.78 is 10.9. The van der Waals surface area contributed by atoms with Crippen molar-refractivity contribution in [2.75, 3.05) is 26.3 Å². The van der Waals surface area contributed by atoms with Gasteiger partial charge in [-0.2, -0.15) is 0 Å². The van der Waals surface area contributed by atoms with Gasteiger partial charge in [0.2, 0.25) is 5.91 Å². The third-order valence-electron chi connectivity index (χ3n) is 5.66. The van der Waals surface area contributed by atoms with Gasteiger partial charge < -0.3 is 14.4 Å². The highest BCUT2D eigenvalue weighted by Crippen LogP contribution is 2.14. The summed E-state index contributed by atoms with van der Waals surface area (Å²) in [5.41, 5.74) is 0. The maximum atomic E-state index is 12.1. The smallest absolute Gasteiger partial charge is 0.305 e. The molecule has 1 unspecified atom stereocenters. The first-order chi connectivity index (χ1) is 14.7. The second-order valence-corrected chi connectivity index (χ2v) is 8.32. The van der Waals surface area contributed by atoms with Crippen LogP contribution in [0.1, 0.15) is 104 Å². The first-order valence-electron chi connectivity index (χ1n) is 12.4. The number of carbonyl (C=O) groups is 2. The van der Waals surface area contributed by atoms with E-state index in [1.165, 1.54) is 38.5 Å². The minimum Gasteiger partial charge on any atom is -0.462 e. The molecule has 5 nitrogen and oxygen atoms in total. The first-order valence-corrected chi connectivity index (χ1v) is 12.4. The zero-order valence-electron chi connectivity index (χ0n) is 19.5. The highest BCUT2D eigenvalue weighted by Gasteiger charge is 2.15. The van der Waals surface area contributed by atoms with Gasteiger partial charge in [-0.25, -0.2) is 0 Å². The molecule has 1 heterocycles. The molecule has 0 saturated carbocycles. The molecule has 0 aliphatic carbocycles. The van der Waals surface area contributed by atoms with E-state index in [-0.39, 0.29) is 18.0 Å². The Labute approximate surface area is 184 Å². The van der Waals surface area contributed by atoms with E-state index in [4.69, 9.17) is 9.47 Å².